The average Bonchev–Trinajstić information content (AvgIpc) is 3.03. The topological polar surface area (TPSA) is 66.9 Å². The lowest BCUT2D eigenvalue weighted by atomic mass is 9.94. The van der Waals surface area contributed by atoms with E-state index in [0.29, 0.717) is 23.2 Å². The second-order valence-corrected chi connectivity index (χ2v) is 8.01. The van der Waals surface area contributed by atoms with Crippen LogP contribution in [0.1, 0.15) is 68.7 Å². The molecule has 0 unspecified atom stereocenters. The van der Waals surface area contributed by atoms with Gasteiger partial charge in [-0.3, -0.25) is 19.3 Å². The summed E-state index contributed by atoms with van der Waals surface area (Å²) in [6, 6.07) is 12.3. The Morgan fingerprint density at radius 3 is 2.47 bits per heavy atom. The molecule has 0 radical (unpaired) electrons. The molecular formula is C24H26N2O4. The molecule has 0 bridgehead atoms. The molecule has 1 fully saturated rings. The lowest BCUT2D eigenvalue weighted by molar-refractivity contribution is 0.0548. The Morgan fingerprint density at radius 2 is 1.73 bits per heavy atom. The molecule has 1 heterocycles. The van der Waals surface area contributed by atoms with Crippen LogP contribution in [0.15, 0.2) is 42.5 Å². The fraction of sp³-hybridized carbons (Fsp3) is 0.375. The molecule has 4 rings (SSSR count). The minimum atomic E-state index is -0.274. The number of nitrogens with zero attached hydrogens (tertiary/aromatic N) is 2. The number of hydrogen-bond donors (Lipinski definition) is 0. The van der Waals surface area contributed by atoms with Crippen molar-refractivity contribution in [1.29, 1.82) is 0 Å². The predicted octanol–water partition coefficient (Wildman–Crippen LogP) is 3.90. The molecule has 156 valence electrons. The molecule has 3 amide bonds. The standard InChI is InChI=1S/C24H26N2O4/c1-25(15-17-8-6-7-11-21(17)30-2)22(27)16-12-13-19-20(14-16)24(29)26(23(19)28)18-9-4-3-5-10-18/h6-8,11-14,18H,3-5,9-10,15H2,1-2H3. The number of imide groups is 1. The van der Waals surface area contributed by atoms with E-state index >= 15 is 0 Å². The van der Waals surface area contributed by atoms with Gasteiger partial charge in [0.05, 0.1) is 18.2 Å². The van der Waals surface area contributed by atoms with Gasteiger partial charge in [0.1, 0.15) is 5.75 Å². The first-order valence-corrected chi connectivity index (χ1v) is 10.4. The van der Waals surface area contributed by atoms with Crippen LogP contribution in [0.5, 0.6) is 5.75 Å². The maximum absolute atomic E-state index is 13.0. The third kappa shape index (κ3) is 3.58. The van der Waals surface area contributed by atoms with Gasteiger partial charge in [0.15, 0.2) is 0 Å². The van der Waals surface area contributed by atoms with Crippen LogP contribution in [0.3, 0.4) is 0 Å². The van der Waals surface area contributed by atoms with Gasteiger partial charge in [-0.05, 0) is 37.1 Å². The highest BCUT2D eigenvalue weighted by molar-refractivity contribution is 6.22. The lowest BCUT2D eigenvalue weighted by Crippen LogP contribution is -2.40. The largest absolute Gasteiger partial charge is 0.496 e. The first-order chi connectivity index (χ1) is 14.5. The summed E-state index contributed by atoms with van der Waals surface area (Å²) in [5.41, 5.74) is 2.03. The molecule has 1 saturated carbocycles. The van der Waals surface area contributed by atoms with E-state index in [1.807, 2.05) is 24.3 Å². The van der Waals surface area contributed by atoms with Crippen molar-refractivity contribution in [3.8, 4) is 5.75 Å². The van der Waals surface area contributed by atoms with Crippen LogP contribution in [0.2, 0.25) is 0 Å². The summed E-state index contributed by atoms with van der Waals surface area (Å²) in [5.74, 6) is 0.00211. The van der Waals surface area contributed by atoms with Crippen molar-refractivity contribution >= 4 is 17.7 Å². The summed E-state index contributed by atoms with van der Waals surface area (Å²) in [7, 11) is 3.31. The zero-order valence-electron chi connectivity index (χ0n) is 17.4. The van der Waals surface area contributed by atoms with Crippen molar-refractivity contribution in [3.63, 3.8) is 0 Å². The highest BCUT2D eigenvalue weighted by Gasteiger charge is 2.40. The molecule has 2 aliphatic rings. The zero-order chi connectivity index (χ0) is 21.3. The number of rotatable bonds is 5. The van der Waals surface area contributed by atoms with Crippen molar-refractivity contribution in [2.45, 2.75) is 44.7 Å². The van der Waals surface area contributed by atoms with Gasteiger partial charge in [0, 0.05) is 30.8 Å². The Kier molecular flexibility index (Phi) is 5.57. The Balaban J connectivity index is 1.55. The molecule has 0 saturated heterocycles. The molecule has 30 heavy (non-hydrogen) atoms. The molecule has 0 atom stereocenters. The van der Waals surface area contributed by atoms with E-state index < -0.39 is 0 Å². The minimum absolute atomic E-state index is 0.0291. The van der Waals surface area contributed by atoms with Crippen molar-refractivity contribution < 1.29 is 19.1 Å². The first kappa shape index (κ1) is 20.1. The average molecular weight is 406 g/mol. The SMILES string of the molecule is COc1ccccc1CN(C)C(=O)c1ccc2c(c1)C(=O)N(C1CCCCC1)C2=O. The smallest absolute Gasteiger partial charge is 0.261 e. The minimum Gasteiger partial charge on any atom is -0.496 e. The van der Waals surface area contributed by atoms with E-state index in [1.165, 1.54) is 4.90 Å². The number of fused-ring (bicyclic) bond motifs is 1. The lowest BCUT2D eigenvalue weighted by Gasteiger charge is -2.29. The molecule has 6 heteroatoms. The monoisotopic (exact) mass is 406 g/mol. The van der Waals surface area contributed by atoms with Gasteiger partial charge in [-0.15, -0.1) is 0 Å². The number of amides is 3. The summed E-state index contributed by atoms with van der Waals surface area (Å²) < 4.78 is 5.36. The molecule has 0 N–H and O–H groups in total. The molecular weight excluding hydrogens is 380 g/mol. The number of benzene rings is 2. The third-order valence-corrected chi connectivity index (χ3v) is 6.05. The molecule has 6 nitrogen and oxygen atoms in total. The van der Waals surface area contributed by atoms with Crippen LogP contribution in [-0.4, -0.2) is 47.7 Å². The maximum atomic E-state index is 13.0. The molecule has 1 aliphatic carbocycles. The Bertz CT molecular complexity index is 994. The van der Waals surface area contributed by atoms with Crippen molar-refractivity contribution in [2.24, 2.45) is 0 Å². The number of ether oxygens (including phenoxy) is 1. The van der Waals surface area contributed by atoms with Crippen LogP contribution in [0.25, 0.3) is 0 Å². The molecule has 0 spiro atoms. The fourth-order valence-corrected chi connectivity index (χ4v) is 4.44. The van der Waals surface area contributed by atoms with E-state index in [4.69, 9.17) is 4.74 Å². The number of hydrogen-bond acceptors (Lipinski definition) is 4. The van der Waals surface area contributed by atoms with Gasteiger partial charge in [0.2, 0.25) is 0 Å². The first-order valence-electron chi connectivity index (χ1n) is 10.4. The van der Waals surface area contributed by atoms with Crippen LogP contribution < -0.4 is 4.74 Å². The highest BCUT2D eigenvalue weighted by atomic mass is 16.5. The summed E-state index contributed by atoms with van der Waals surface area (Å²) >= 11 is 0. The van der Waals surface area contributed by atoms with Gasteiger partial charge in [-0.2, -0.15) is 0 Å². The zero-order valence-corrected chi connectivity index (χ0v) is 17.4. The summed E-state index contributed by atoms with van der Waals surface area (Å²) in [4.78, 5) is 41.8. The van der Waals surface area contributed by atoms with Gasteiger partial charge >= 0.3 is 0 Å². The van der Waals surface area contributed by atoms with Crippen molar-refractivity contribution in [3.05, 3.63) is 64.7 Å². The van der Waals surface area contributed by atoms with Gasteiger partial charge in [-0.25, -0.2) is 0 Å². The van der Waals surface area contributed by atoms with Gasteiger partial charge in [-0.1, -0.05) is 37.5 Å². The van der Waals surface area contributed by atoms with E-state index in [9.17, 15) is 14.4 Å². The molecule has 0 aromatic heterocycles. The normalized spacial score (nSPS) is 16.5. The Labute approximate surface area is 176 Å². The Morgan fingerprint density at radius 1 is 1.03 bits per heavy atom. The predicted molar refractivity (Wildman–Crippen MR) is 113 cm³/mol. The highest BCUT2D eigenvalue weighted by Crippen LogP contribution is 2.31. The van der Waals surface area contributed by atoms with Crippen molar-refractivity contribution in [2.75, 3.05) is 14.2 Å². The van der Waals surface area contributed by atoms with E-state index in [0.717, 1.165) is 43.4 Å². The molecule has 2 aromatic rings. The molecule has 1 aliphatic heterocycles. The second kappa shape index (κ2) is 8.30. The van der Waals surface area contributed by atoms with E-state index in [1.54, 1.807) is 37.3 Å². The maximum Gasteiger partial charge on any atom is 0.261 e. The summed E-state index contributed by atoms with van der Waals surface area (Å²) in [5, 5.41) is 0. The summed E-state index contributed by atoms with van der Waals surface area (Å²) in [6.07, 6.45) is 4.94. The van der Waals surface area contributed by atoms with Crippen LogP contribution in [-0.2, 0) is 6.54 Å². The Hall–Kier alpha value is -3.15. The number of carbonyl (C=O) groups excluding carboxylic acids is 3. The fourth-order valence-electron chi connectivity index (χ4n) is 4.44. The van der Waals surface area contributed by atoms with Crippen LogP contribution in [0.4, 0.5) is 0 Å². The number of para-hydroxylation sites is 1. The number of carbonyl (C=O) groups is 3. The summed E-state index contributed by atoms with van der Waals surface area (Å²) in [6.45, 7) is 0.376. The molecule has 2 aromatic carbocycles. The number of methoxy groups -OCH3 is 1. The van der Waals surface area contributed by atoms with E-state index in [-0.39, 0.29) is 23.8 Å². The van der Waals surface area contributed by atoms with Gasteiger partial charge in [0.25, 0.3) is 17.7 Å². The second-order valence-electron chi connectivity index (χ2n) is 8.01. The van der Waals surface area contributed by atoms with Crippen molar-refractivity contribution in [1.82, 2.24) is 9.80 Å². The van der Waals surface area contributed by atoms with Gasteiger partial charge < -0.3 is 9.64 Å². The quantitative estimate of drug-likeness (QED) is 0.707. The third-order valence-electron chi connectivity index (χ3n) is 6.05. The van der Waals surface area contributed by atoms with E-state index in [2.05, 4.69) is 0 Å². The van der Waals surface area contributed by atoms with Crippen LogP contribution >= 0.6 is 0 Å². The van der Waals surface area contributed by atoms with Crippen LogP contribution in [0, 0.1) is 0 Å².